The average molecular weight is 168 g/mol. The Labute approximate surface area is 70.5 Å². The van der Waals surface area contributed by atoms with Gasteiger partial charge in [-0.2, -0.15) is 0 Å². The van der Waals surface area contributed by atoms with Crippen LogP contribution in [-0.2, 0) is 4.79 Å². The van der Waals surface area contributed by atoms with Crippen LogP contribution in [0, 0.1) is 17.8 Å². The molecule has 0 saturated heterocycles. The van der Waals surface area contributed by atoms with Crippen molar-refractivity contribution in [1.29, 1.82) is 0 Å². The van der Waals surface area contributed by atoms with Crippen molar-refractivity contribution in [2.24, 2.45) is 23.5 Å². The molecule has 0 aromatic carbocycles. The van der Waals surface area contributed by atoms with Gasteiger partial charge in [-0.25, -0.2) is 4.79 Å². The fraction of sp³-hybridized carbons (Fsp3) is 0.750. The summed E-state index contributed by atoms with van der Waals surface area (Å²) in [5.41, 5.74) is 4.84. The Kier molecular flexibility index (Phi) is 1.56. The summed E-state index contributed by atoms with van der Waals surface area (Å²) in [5.74, 6) is 1.01. The summed E-state index contributed by atoms with van der Waals surface area (Å²) in [6.45, 7) is 0. The molecule has 2 aliphatic rings. The van der Waals surface area contributed by atoms with Crippen molar-refractivity contribution in [2.75, 3.05) is 0 Å². The second kappa shape index (κ2) is 2.47. The fourth-order valence-corrected chi connectivity index (χ4v) is 2.42. The number of amides is 3. The second-order valence-electron chi connectivity index (χ2n) is 3.64. The summed E-state index contributed by atoms with van der Waals surface area (Å²) in [7, 11) is 0. The van der Waals surface area contributed by atoms with Crippen LogP contribution in [0.5, 0.6) is 0 Å². The molecule has 0 heterocycles. The SMILES string of the molecule is NC(=O)NC(=O)C1C2CCCC21. The zero-order valence-corrected chi connectivity index (χ0v) is 6.75. The van der Waals surface area contributed by atoms with Crippen LogP contribution in [0.2, 0.25) is 0 Å². The molecule has 0 bridgehead atoms. The number of imide groups is 1. The number of urea groups is 1. The van der Waals surface area contributed by atoms with E-state index in [9.17, 15) is 9.59 Å². The average Bonchev–Trinajstić information content (AvgIpc) is 2.45. The Hall–Kier alpha value is -1.06. The lowest BCUT2D eigenvalue weighted by Gasteiger charge is -2.01. The van der Waals surface area contributed by atoms with Crippen molar-refractivity contribution in [3.05, 3.63) is 0 Å². The highest BCUT2D eigenvalue weighted by Crippen LogP contribution is 2.57. The van der Waals surface area contributed by atoms with Crippen LogP contribution in [0.3, 0.4) is 0 Å². The molecule has 4 nitrogen and oxygen atoms in total. The van der Waals surface area contributed by atoms with Crippen LogP contribution in [0.1, 0.15) is 19.3 Å². The molecule has 2 saturated carbocycles. The Morgan fingerprint density at radius 1 is 1.25 bits per heavy atom. The lowest BCUT2D eigenvalue weighted by molar-refractivity contribution is -0.121. The van der Waals surface area contributed by atoms with Crippen molar-refractivity contribution >= 4 is 11.9 Å². The topological polar surface area (TPSA) is 72.2 Å². The number of nitrogens with two attached hydrogens (primary N) is 1. The fourth-order valence-electron chi connectivity index (χ4n) is 2.42. The first-order valence-corrected chi connectivity index (χ1v) is 4.30. The van der Waals surface area contributed by atoms with Gasteiger partial charge in [-0.1, -0.05) is 6.42 Å². The molecule has 66 valence electrons. The largest absolute Gasteiger partial charge is 0.351 e. The number of hydrogen-bond donors (Lipinski definition) is 2. The number of hydrogen-bond acceptors (Lipinski definition) is 2. The zero-order valence-electron chi connectivity index (χ0n) is 6.75. The van der Waals surface area contributed by atoms with Crippen molar-refractivity contribution in [3.8, 4) is 0 Å². The molecule has 0 radical (unpaired) electrons. The van der Waals surface area contributed by atoms with Gasteiger partial charge in [-0.15, -0.1) is 0 Å². The molecular formula is C8H12N2O2. The first-order chi connectivity index (χ1) is 5.70. The maximum absolute atomic E-state index is 11.2. The molecule has 0 aliphatic heterocycles. The van der Waals surface area contributed by atoms with Crippen LogP contribution in [0.25, 0.3) is 0 Å². The Morgan fingerprint density at radius 2 is 1.83 bits per heavy atom. The van der Waals surface area contributed by atoms with E-state index in [-0.39, 0.29) is 11.8 Å². The van der Waals surface area contributed by atoms with Gasteiger partial charge in [0.2, 0.25) is 5.91 Å². The van der Waals surface area contributed by atoms with Gasteiger partial charge in [-0.3, -0.25) is 10.1 Å². The second-order valence-corrected chi connectivity index (χ2v) is 3.64. The third-order valence-corrected chi connectivity index (χ3v) is 2.96. The number of fused-ring (bicyclic) bond motifs is 1. The van der Waals surface area contributed by atoms with Crippen molar-refractivity contribution in [1.82, 2.24) is 5.32 Å². The summed E-state index contributed by atoms with van der Waals surface area (Å²) in [5, 5.41) is 2.13. The van der Waals surface area contributed by atoms with Gasteiger partial charge in [0.05, 0.1) is 0 Å². The summed E-state index contributed by atoms with van der Waals surface area (Å²) >= 11 is 0. The van der Waals surface area contributed by atoms with Crippen LogP contribution < -0.4 is 11.1 Å². The molecule has 3 amide bonds. The van der Waals surface area contributed by atoms with Gasteiger partial charge in [0.25, 0.3) is 0 Å². The molecule has 2 aliphatic carbocycles. The van der Waals surface area contributed by atoms with Gasteiger partial charge in [0.15, 0.2) is 0 Å². The highest BCUT2D eigenvalue weighted by atomic mass is 16.2. The van der Waals surface area contributed by atoms with Crippen LogP contribution in [0.4, 0.5) is 4.79 Å². The molecule has 12 heavy (non-hydrogen) atoms. The van der Waals surface area contributed by atoms with Gasteiger partial charge in [0, 0.05) is 5.92 Å². The highest BCUT2D eigenvalue weighted by Gasteiger charge is 2.56. The quantitative estimate of drug-likeness (QED) is 0.588. The van der Waals surface area contributed by atoms with Crippen LogP contribution >= 0.6 is 0 Å². The minimum Gasteiger partial charge on any atom is -0.351 e. The zero-order chi connectivity index (χ0) is 8.72. The summed E-state index contributed by atoms with van der Waals surface area (Å²) < 4.78 is 0. The number of carbonyl (C=O) groups is 2. The molecule has 0 aromatic rings. The van der Waals surface area contributed by atoms with Gasteiger partial charge < -0.3 is 5.73 Å². The standard InChI is InChI=1S/C8H12N2O2/c9-8(12)10-7(11)6-4-2-1-3-5(4)6/h4-6H,1-3H2,(H3,9,10,11,12). The highest BCUT2D eigenvalue weighted by molar-refractivity contribution is 5.96. The number of rotatable bonds is 1. The molecule has 2 atom stereocenters. The van der Waals surface area contributed by atoms with E-state index in [2.05, 4.69) is 5.32 Å². The monoisotopic (exact) mass is 168 g/mol. The summed E-state index contributed by atoms with van der Waals surface area (Å²) in [4.78, 5) is 21.6. The maximum Gasteiger partial charge on any atom is 0.318 e. The van der Waals surface area contributed by atoms with Gasteiger partial charge in [-0.05, 0) is 24.7 Å². The number of primary amides is 1. The third kappa shape index (κ3) is 1.07. The van der Waals surface area contributed by atoms with Crippen LogP contribution in [0.15, 0.2) is 0 Å². The van der Waals surface area contributed by atoms with Crippen molar-refractivity contribution in [3.63, 3.8) is 0 Å². The minimum atomic E-state index is -0.732. The maximum atomic E-state index is 11.2. The Morgan fingerprint density at radius 3 is 2.33 bits per heavy atom. The van der Waals surface area contributed by atoms with E-state index in [1.54, 1.807) is 0 Å². The third-order valence-electron chi connectivity index (χ3n) is 2.96. The summed E-state index contributed by atoms with van der Waals surface area (Å²) in [6, 6.07) is -0.732. The van der Waals surface area contributed by atoms with E-state index >= 15 is 0 Å². The first-order valence-electron chi connectivity index (χ1n) is 4.30. The van der Waals surface area contributed by atoms with Crippen LogP contribution in [-0.4, -0.2) is 11.9 Å². The van der Waals surface area contributed by atoms with Crippen molar-refractivity contribution < 1.29 is 9.59 Å². The first kappa shape index (κ1) is 7.58. The normalized spacial score (nSPS) is 37.2. The Bertz CT molecular complexity index is 229. The van der Waals surface area contributed by atoms with Crippen molar-refractivity contribution in [2.45, 2.75) is 19.3 Å². The van der Waals surface area contributed by atoms with E-state index in [0.29, 0.717) is 11.8 Å². The van der Waals surface area contributed by atoms with E-state index < -0.39 is 6.03 Å². The summed E-state index contributed by atoms with van der Waals surface area (Å²) in [6.07, 6.45) is 3.51. The lowest BCUT2D eigenvalue weighted by atomic mass is 10.1. The molecular weight excluding hydrogens is 156 g/mol. The molecule has 0 spiro atoms. The lowest BCUT2D eigenvalue weighted by Crippen LogP contribution is -2.36. The van der Waals surface area contributed by atoms with Gasteiger partial charge in [0.1, 0.15) is 0 Å². The molecule has 3 N–H and O–H groups in total. The van der Waals surface area contributed by atoms with E-state index in [1.165, 1.54) is 6.42 Å². The molecule has 2 fully saturated rings. The molecule has 2 unspecified atom stereocenters. The molecule has 4 heteroatoms. The molecule has 0 aromatic heterocycles. The number of nitrogens with one attached hydrogen (secondary N) is 1. The predicted molar refractivity (Wildman–Crippen MR) is 42.0 cm³/mol. The van der Waals surface area contributed by atoms with Gasteiger partial charge >= 0.3 is 6.03 Å². The predicted octanol–water partition coefficient (Wildman–Crippen LogP) is 0.227. The van der Waals surface area contributed by atoms with E-state index in [4.69, 9.17) is 5.73 Å². The molecule has 2 rings (SSSR count). The number of carbonyl (C=O) groups excluding carboxylic acids is 2. The minimum absolute atomic E-state index is 0.0891. The smallest absolute Gasteiger partial charge is 0.318 e. The van der Waals surface area contributed by atoms with E-state index in [0.717, 1.165) is 12.8 Å². The Balaban J connectivity index is 1.88. The van der Waals surface area contributed by atoms with E-state index in [1.807, 2.05) is 0 Å².